The van der Waals surface area contributed by atoms with E-state index in [1.807, 2.05) is 13.8 Å². The molecule has 0 saturated carbocycles. The van der Waals surface area contributed by atoms with Gasteiger partial charge in [0.05, 0.1) is 11.2 Å². The third kappa shape index (κ3) is 1.24. The highest BCUT2D eigenvalue weighted by Crippen LogP contribution is 2.20. The van der Waals surface area contributed by atoms with Gasteiger partial charge in [0, 0.05) is 10.8 Å². The van der Waals surface area contributed by atoms with E-state index in [2.05, 4.69) is 4.98 Å². The first-order chi connectivity index (χ1) is 4.75. The van der Waals surface area contributed by atoms with Crippen molar-refractivity contribution < 1.29 is 4.79 Å². The lowest BCUT2D eigenvalue weighted by molar-refractivity contribution is -0.108. The van der Waals surface area contributed by atoms with Gasteiger partial charge in [-0.15, -0.1) is 11.3 Å². The van der Waals surface area contributed by atoms with Crippen molar-refractivity contribution in [3.63, 3.8) is 0 Å². The summed E-state index contributed by atoms with van der Waals surface area (Å²) in [6.07, 6.45) is 0.945. The largest absolute Gasteiger partial charge is 0.303 e. The van der Waals surface area contributed by atoms with Gasteiger partial charge in [0.1, 0.15) is 6.29 Å². The topological polar surface area (TPSA) is 30.0 Å². The SMILES string of the molecule is Cc1ncsc1C(C)C=O. The number of hydrogen-bond acceptors (Lipinski definition) is 3. The second kappa shape index (κ2) is 2.92. The molecule has 3 heteroatoms. The molecule has 1 rings (SSSR count). The van der Waals surface area contributed by atoms with E-state index in [0.29, 0.717) is 0 Å². The van der Waals surface area contributed by atoms with Gasteiger partial charge in [0.15, 0.2) is 0 Å². The molecular formula is C7H9NOS. The van der Waals surface area contributed by atoms with Crippen LogP contribution in [0.25, 0.3) is 0 Å². The zero-order chi connectivity index (χ0) is 7.56. The normalized spacial score (nSPS) is 13.0. The maximum atomic E-state index is 10.3. The summed E-state index contributed by atoms with van der Waals surface area (Å²) in [5, 5.41) is 0. The van der Waals surface area contributed by atoms with Crippen molar-refractivity contribution in [2.75, 3.05) is 0 Å². The molecule has 0 spiro atoms. The number of rotatable bonds is 2. The Morgan fingerprint density at radius 1 is 1.80 bits per heavy atom. The molecule has 0 fully saturated rings. The van der Waals surface area contributed by atoms with Gasteiger partial charge in [0.2, 0.25) is 0 Å². The first kappa shape index (κ1) is 7.41. The van der Waals surface area contributed by atoms with Crippen molar-refractivity contribution in [3.8, 4) is 0 Å². The Balaban J connectivity index is 2.92. The Labute approximate surface area is 63.9 Å². The molecule has 10 heavy (non-hydrogen) atoms. The number of nitrogens with zero attached hydrogens (tertiary/aromatic N) is 1. The summed E-state index contributed by atoms with van der Waals surface area (Å²) in [5.74, 6) is 0.00694. The molecule has 0 aliphatic carbocycles. The van der Waals surface area contributed by atoms with E-state index in [1.54, 1.807) is 5.51 Å². The van der Waals surface area contributed by atoms with Gasteiger partial charge in [-0.2, -0.15) is 0 Å². The summed E-state index contributed by atoms with van der Waals surface area (Å²) in [6.45, 7) is 3.80. The minimum atomic E-state index is 0.00694. The van der Waals surface area contributed by atoms with Gasteiger partial charge in [-0.25, -0.2) is 4.98 Å². The summed E-state index contributed by atoms with van der Waals surface area (Å²) >= 11 is 1.54. The van der Waals surface area contributed by atoms with E-state index in [0.717, 1.165) is 16.9 Å². The van der Waals surface area contributed by atoms with Crippen LogP contribution in [0.4, 0.5) is 0 Å². The number of aryl methyl sites for hydroxylation is 1. The minimum Gasteiger partial charge on any atom is -0.303 e. The van der Waals surface area contributed by atoms with Crippen LogP contribution in [0.5, 0.6) is 0 Å². The summed E-state index contributed by atoms with van der Waals surface area (Å²) in [5.41, 5.74) is 2.74. The molecule has 0 saturated heterocycles. The molecule has 2 nitrogen and oxygen atoms in total. The molecule has 0 aliphatic rings. The van der Waals surface area contributed by atoms with Crippen molar-refractivity contribution in [2.24, 2.45) is 0 Å². The van der Waals surface area contributed by atoms with Gasteiger partial charge in [-0.1, -0.05) is 6.92 Å². The lowest BCUT2D eigenvalue weighted by atomic mass is 10.1. The Hall–Kier alpha value is -0.700. The Bertz CT molecular complexity index is 231. The molecule has 1 unspecified atom stereocenters. The van der Waals surface area contributed by atoms with Crippen LogP contribution in [0, 0.1) is 6.92 Å². The maximum Gasteiger partial charge on any atom is 0.128 e. The second-order valence-electron chi connectivity index (χ2n) is 2.23. The van der Waals surface area contributed by atoms with Crippen molar-refractivity contribution in [1.82, 2.24) is 4.98 Å². The van der Waals surface area contributed by atoms with E-state index in [-0.39, 0.29) is 5.92 Å². The predicted molar refractivity (Wildman–Crippen MR) is 41.3 cm³/mol. The molecule has 1 aromatic heterocycles. The molecule has 1 heterocycles. The van der Waals surface area contributed by atoms with Crippen LogP contribution < -0.4 is 0 Å². The summed E-state index contributed by atoms with van der Waals surface area (Å²) in [4.78, 5) is 15.5. The first-order valence-electron chi connectivity index (χ1n) is 3.11. The molecule has 0 amide bonds. The van der Waals surface area contributed by atoms with E-state index in [4.69, 9.17) is 0 Å². The van der Waals surface area contributed by atoms with Crippen LogP contribution >= 0.6 is 11.3 Å². The van der Waals surface area contributed by atoms with Crippen molar-refractivity contribution in [3.05, 3.63) is 16.1 Å². The Morgan fingerprint density at radius 3 is 2.90 bits per heavy atom. The standard InChI is InChI=1S/C7H9NOS/c1-5(3-9)7-6(2)8-4-10-7/h3-5H,1-2H3. The van der Waals surface area contributed by atoms with Gasteiger partial charge in [0.25, 0.3) is 0 Å². The first-order valence-corrected chi connectivity index (χ1v) is 3.99. The van der Waals surface area contributed by atoms with Crippen LogP contribution in [0.15, 0.2) is 5.51 Å². The third-order valence-electron chi connectivity index (χ3n) is 1.40. The van der Waals surface area contributed by atoms with E-state index in [1.165, 1.54) is 11.3 Å². The van der Waals surface area contributed by atoms with Crippen LogP contribution in [0.1, 0.15) is 23.4 Å². The fourth-order valence-corrected chi connectivity index (χ4v) is 1.63. The van der Waals surface area contributed by atoms with Crippen LogP contribution in [-0.4, -0.2) is 11.3 Å². The predicted octanol–water partition coefficient (Wildman–Crippen LogP) is 1.75. The molecule has 0 N–H and O–H groups in total. The van der Waals surface area contributed by atoms with E-state index < -0.39 is 0 Å². The quantitative estimate of drug-likeness (QED) is 0.609. The zero-order valence-corrected chi connectivity index (χ0v) is 6.81. The monoisotopic (exact) mass is 155 g/mol. The molecule has 54 valence electrons. The van der Waals surface area contributed by atoms with Crippen LogP contribution in [-0.2, 0) is 4.79 Å². The average molecular weight is 155 g/mol. The number of aromatic nitrogens is 1. The summed E-state index contributed by atoms with van der Waals surface area (Å²) in [6, 6.07) is 0. The number of carbonyl (C=O) groups excluding carboxylic acids is 1. The maximum absolute atomic E-state index is 10.3. The van der Waals surface area contributed by atoms with Crippen molar-refractivity contribution >= 4 is 17.6 Å². The zero-order valence-electron chi connectivity index (χ0n) is 6.00. The van der Waals surface area contributed by atoms with Crippen molar-refractivity contribution in [1.29, 1.82) is 0 Å². The van der Waals surface area contributed by atoms with Gasteiger partial charge < -0.3 is 4.79 Å². The smallest absolute Gasteiger partial charge is 0.128 e. The van der Waals surface area contributed by atoms with E-state index in [9.17, 15) is 4.79 Å². The second-order valence-corrected chi connectivity index (χ2v) is 3.11. The molecule has 0 radical (unpaired) electrons. The lowest BCUT2D eigenvalue weighted by Gasteiger charge is -1.97. The molecule has 1 aromatic rings. The highest BCUT2D eigenvalue weighted by molar-refractivity contribution is 7.09. The number of thiazole rings is 1. The number of hydrogen-bond donors (Lipinski definition) is 0. The third-order valence-corrected chi connectivity index (χ3v) is 2.53. The highest BCUT2D eigenvalue weighted by Gasteiger charge is 2.08. The van der Waals surface area contributed by atoms with Gasteiger partial charge in [-0.05, 0) is 6.92 Å². The van der Waals surface area contributed by atoms with Gasteiger partial charge in [-0.3, -0.25) is 0 Å². The summed E-state index contributed by atoms with van der Waals surface area (Å²) < 4.78 is 0. The van der Waals surface area contributed by atoms with Crippen LogP contribution in [0.3, 0.4) is 0 Å². The lowest BCUT2D eigenvalue weighted by Crippen LogP contribution is -1.92. The fraction of sp³-hybridized carbons (Fsp3) is 0.429. The molecular weight excluding hydrogens is 146 g/mol. The Morgan fingerprint density at radius 2 is 2.50 bits per heavy atom. The highest BCUT2D eigenvalue weighted by atomic mass is 32.1. The molecule has 0 aromatic carbocycles. The molecule has 0 aliphatic heterocycles. The number of aldehydes is 1. The minimum absolute atomic E-state index is 0.00694. The average Bonchev–Trinajstić information content (AvgIpc) is 2.34. The number of carbonyl (C=O) groups is 1. The molecule has 1 atom stereocenters. The fourth-order valence-electron chi connectivity index (χ4n) is 0.810. The Kier molecular flexibility index (Phi) is 2.17. The molecule has 0 bridgehead atoms. The van der Waals surface area contributed by atoms with E-state index >= 15 is 0 Å². The summed E-state index contributed by atoms with van der Waals surface area (Å²) in [7, 11) is 0. The van der Waals surface area contributed by atoms with Gasteiger partial charge >= 0.3 is 0 Å². The van der Waals surface area contributed by atoms with Crippen molar-refractivity contribution in [2.45, 2.75) is 19.8 Å². The van der Waals surface area contributed by atoms with Crippen LogP contribution in [0.2, 0.25) is 0 Å².